The highest BCUT2D eigenvalue weighted by atomic mass is 16.5. The lowest BCUT2D eigenvalue weighted by Gasteiger charge is -2.12. The summed E-state index contributed by atoms with van der Waals surface area (Å²) in [5.74, 6) is 1.55. The Morgan fingerprint density at radius 1 is 1.00 bits per heavy atom. The maximum absolute atomic E-state index is 12.3. The number of para-hydroxylation sites is 1. The molecule has 0 aliphatic carbocycles. The van der Waals surface area contributed by atoms with Gasteiger partial charge >= 0.3 is 0 Å². The van der Waals surface area contributed by atoms with Gasteiger partial charge in [-0.15, -0.1) is 0 Å². The Balaban J connectivity index is 2.13. The topological polar surface area (TPSA) is 65.0 Å². The molecule has 0 bridgehead atoms. The van der Waals surface area contributed by atoms with E-state index in [1.54, 1.807) is 26.4 Å². The summed E-state index contributed by atoms with van der Waals surface area (Å²) >= 11 is 0. The lowest BCUT2D eigenvalue weighted by atomic mass is 10.0. The van der Waals surface area contributed by atoms with E-state index in [1.165, 1.54) is 13.2 Å². The van der Waals surface area contributed by atoms with Gasteiger partial charge in [-0.1, -0.05) is 12.1 Å². The number of Topliss-reactive ketones (excluding diaryl/α,β-unsaturated/α-hetero) is 1. The Morgan fingerprint density at radius 3 is 2.39 bits per heavy atom. The standard InChI is InChI=1S/C18H20O5/c1-21-16-6-4-5-12(18(16)23-3)7-9-14(19)13-8-10-15(20)17(11-13)22-2/h4-6,8,10-11,20H,7,9H2,1-3H3. The number of ether oxygens (including phenoxy) is 3. The molecular formula is C18H20O5. The molecule has 0 spiro atoms. The SMILES string of the molecule is COc1cc(C(=O)CCc2cccc(OC)c2OC)ccc1O. The minimum Gasteiger partial charge on any atom is -0.504 e. The van der Waals surface area contributed by atoms with Crippen molar-refractivity contribution in [3.05, 3.63) is 47.5 Å². The third-order valence-electron chi connectivity index (χ3n) is 3.61. The van der Waals surface area contributed by atoms with E-state index < -0.39 is 0 Å². The lowest BCUT2D eigenvalue weighted by Crippen LogP contribution is -2.03. The van der Waals surface area contributed by atoms with Gasteiger partial charge in [0, 0.05) is 12.0 Å². The van der Waals surface area contributed by atoms with Gasteiger partial charge in [0.05, 0.1) is 21.3 Å². The highest BCUT2D eigenvalue weighted by Gasteiger charge is 2.13. The predicted molar refractivity (Wildman–Crippen MR) is 86.9 cm³/mol. The third-order valence-corrected chi connectivity index (χ3v) is 3.61. The van der Waals surface area contributed by atoms with E-state index in [0.29, 0.717) is 29.9 Å². The molecule has 2 aromatic rings. The summed E-state index contributed by atoms with van der Waals surface area (Å²) < 4.78 is 15.7. The van der Waals surface area contributed by atoms with Gasteiger partial charge in [0.25, 0.3) is 0 Å². The van der Waals surface area contributed by atoms with Crippen molar-refractivity contribution in [2.75, 3.05) is 21.3 Å². The molecule has 0 unspecified atom stereocenters. The van der Waals surface area contributed by atoms with Crippen LogP contribution in [0.4, 0.5) is 0 Å². The molecule has 23 heavy (non-hydrogen) atoms. The van der Waals surface area contributed by atoms with Crippen molar-refractivity contribution in [1.29, 1.82) is 0 Å². The summed E-state index contributed by atoms with van der Waals surface area (Å²) in [6.45, 7) is 0. The van der Waals surface area contributed by atoms with Crippen LogP contribution in [-0.4, -0.2) is 32.2 Å². The van der Waals surface area contributed by atoms with E-state index in [1.807, 2.05) is 18.2 Å². The Kier molecular flexibility index (Phi) is 5.46. The second-order valence-corrected chi connectivity index (χ2v) is 4.96. The highest BCUT2D eigenvalue weighted by molar-refractivity contribution is 5.96. The van der Waals surface area contributed by atoms with Crippen LogP contribution in [0.5, 0.6) is 23.0 Å². The van der Waals surface area contributed by atoms with E-state index in [0.717, 1.165) is 5.56 Å². The molecule has 0 amide bonds. The van der Waals surface area contributed by atoms with Crippen molar-refractivity contribution >= 4 is 5.78 Å². The van der Waals surface area contributed by atoms with Gasteiger partial charge < -0.3 is 19.3 Å². The Bertz CT molecular complexity index is 694. The number of aryl methyl sites for hydroxylation is 1. The number of rotatable bonds is 7. The molecule has 0 aromatic heterocycles. The van der Waals surface area contributed by atoms with Crippen molar-refractivity contribution in [2.24, 2.45) is 0 Å². The Hall–Kier alpha value is -2.69. The molecule has 1 N–H and O–H groups in total. The largest absolute Gasteiger partial charge is 0.504 e. The number of methoxy groups -OCH3 is 3. The monoisotopic (exact) mass is 316 g/mol. The normalized spacial score (nSPS) is 10.2. The van der Waals surface area contributed by atoms with E-state index in [-0.39, 0.29) is 17.3 Å². The molecule has 5 nitrogen and oxygen atoms in total. The molecule has 122 valence electrons. The molecule has 0 radical (unpaired) electrons. The van der Waals surface area contributed by atoms with E-state index in [9.17, 15) is 9.90 Å². The molecule has 0 saturated heterocycles. The van der Waals surface area contributed by atoms with Gasteiger partial charge in [-0.2, -0.15) is 0 Å². The number of carbonyl (C=O) groups excluding carboxylic acids is 1. The van der Waals surface area contributed by atoms with Crippen LogP contribution < -0.4 is 14.2 Å². The van der Waals surface area contributed by atoms with Crippen LogP contribution in [0.25, 0.3) is 0 Å². The maximum atomic E-state index is 12.3. The number of phenolic OH excluding ortho intramolecular Hbond substituents is 1. The van der Waals surface area contributed by atoms with Gasteiger partial charge in [0.1, 0.15) is 0 Å². The van der Waals surface area contributed by atoms with Crippen LogP contribution in [0.1, 0.15) is 22.3 Å². The number of aromatic hydroxyl groups is 1. The van der Waals surface area contributed by atoms with Crippen molar-refractivity contribution in [1.82, 2.24) is 0 Å². The Labute approximate surface area is 135 Å². The number of phenols is 1. The molecule has 2 rings (SSSR count). The number of hydrogen-bond acceptors (Lipinski definition) is 5. The van der Waals surface area contributed by atoms with Gasteiger partial charge in [-0.3, -0.25) is 4.79 Å². The quantitative estimate of drug-likeness (QED) is 0.794. The average Bonchev–Trinajstić information content (AvgIpc) is 2.59. The molecule has 5 heteroatoms. The fourth-order valence-corrected chi connectivity index (χ4v) is 2.39. The summed E-state index contributed by atoms with van der Waals surface area (Å²) in [7, 11) is 4.61. The molecule has 0 fully saturated rings. The van der Waals surface area contributed by atoms with Crippen molar-refractivity contribution in [3.8, 4) is 23.0 Å². The van der Waals surface area contributed by atoms with E-state index in [2.05, 4.69) is 0 Å². The first-order valence-corrected chi connectivity index (χ1v) is 7.20. The fourth-order valence-electron chi connectivity index (χ4n) is 2.39. The van der Waals surface area contributed by atoms with Gasteiger partial charge in [0.2, 0.25) is 0 Å². The summed E-state index contributed by atoms with van der Waals surface area (Å²) in [5, 5.41) is 9.58. The van der Waals surface area contributed by atoms with Gasteiger partial charge in [-0.25, -0.2) is 0 Å². The zero-order chi connectivity index (χ0) is 16.8. The predicted octanol–water partition coefficient (Wildman–Crippen LogP) is 3.23. The first-order valence-electron chi connectivity index (χ1n) is 7.20. The highest BCUT2D eigenvalue weighted by Crippen LogP contribution is 2.32. The van der Waals surface area contributed by atoms with Gasteiger partial charge in [-0.05, 0) is 36.2 Å². The number of benzene rings is 2. The second-order valence-electron chi connectivity index (χ2n) is 4.96. The molecule has 0 saturated carbocycles. The van der Waals surface area contributed by atoms with Crippen LogP contribution in [0, 0.1) is 0 Å². The first kappa shape index (κ1) is 16.7. The van der Waals surface area contributed by atoms with Crippen molar-refractivity contribution in [2.45, 2.75) is 12.8 Å². The van der Waals surface area contributed by atoms with E-state index >= 15 is 0 Å². The molecular weight excluding hydrogens is 296 g/mol. The van der Waals surface area contributed by atoms with Crippen LogP contribution >= 0.6 is 0 Å². The minimum atomic E-state index is -0.0341. The molecule has 0 atom stereocenters. The zero-order valence-corrected chi connectivity index (χ0v) is 13.5. The van der Waals surface area contributed by atoms with E-state index in [4.69, 9.17) is 14.2 Å². The summed E-state index contributed by atoms with van der Waals surface area (Å²) in [6.07, 6.45) is 0.847. The fraction of sp³-hybridized carbons (Fsp3) is 0.278. The van der Waals surface area contributed by atoms with Crippen LogP contribution in [0.15, 0.2) is 36.4 Å². The molecule has 0 aliphatic rings. The summed E-state index contributed by atoms with van der Waals surface area (Å²) in [6, 6.07) is 10.2. The summed E-state index contributed by atoms with van der Waals surface area (Å²) in [5.41, 5.74) is 1.41. The number of carbonyl (C=O) groups is 1. The summed E-state index contributed by atoms with van der Waals surface area (Å²) in [4.78, 5) is 12.3. The minimum absolute atomic E-state index is 0.0125. The molecule has 2 aromatic carbocycles. The van der Waals surface area contributed by atoms with Crippen LogP contribution in [0.3, 0.4) is 0 Å². The van der Waals surface area contributed by atoms with Crippen molar-refractivity contribution < 1.29 is 24.1 Å². The zero-order valence-electron chi connectivity index (χ0n) is 13.5. The van der Waals surface area contributed by atoms with Crippen LogP contribution in [-0.2, 0) is 6.42 Å². The molecule has 0 heterocycles. The third kappa shape index (κ3) is 3.74. The molecule has 0 aliphatic heterocycles. The average molecular weight is 316 g/mol. The number of ketones is 1. The van der Waals surface area contributed by atoms with Crippen LogP contribution in [0.2, 0.25) is 0 Å². The Morgan fingerprint density at radius 2 is 1.74 bits per heavy atom. The number of hydrogen-bond donors (Lipinski definition) is 1. The smallest absolute Gasteiger partial charge is 0.163 e. The van der Waals surface area contributed by atoms with Crippen molar-refractivity contribution in [3.63, 3.8) is 0 Å². The lowest BCUT2D eigenvalue weighted by molar-refractivity contribution is 0.0982. The second kappa shape index (κ2) is 7.54. The maximum Gasteiger partial charge on any atom is 0.163 e. The first-order chi connectivity index (χ1) is 11.1. The van der Waals surface area contributed by atoms with Gasteiger partial charge in [0.15, 0.2) is 28.8 Å².